The summed E-state index contributed by atoms with van der Waals surface area (Å²) in [6, 6.07) is 5.92. The fourth-order valence-electron chi connectivity index (χ4n) is 2.81. The number of aromatic nitrogens is 2. The van der Waals surface area contributed by atoms with Crippen molar-refractivity contribution < 1.29 is 29.3 Å². The van der Waals surface area contributed by atoms with Gasteiger partial charge in [0.25, 0.3) is 34.6 Å². The van der Waals surface area contributed by atoms with Crippen molar-refractivity contribution in [3.63, 3.8) is 0 Å². The molecule has 23 heteroatoms. The Kier molecular flexibility index (Phi) is 11.2. The molecule has 20 nitrogen and oxygen atoms in total. The van der Waals surface area contributed by atoms with Gasteiger partial charge < -0.3 is 0 Å². The van der Waals surface area contributed by atoms with Crippen molar-refractivity contribution in [2.45, 2.75) is 8.68 Å². The first kappa shape index (κ1) is 32.1. The molecule has 0 bridgehead atoms. The molecule has 1 heterocycles. The van der Waals surface area contributed by atoms with Crippen LogP contribution in [0.1, 0.15) is 11.1 Å². The standard InChI is InChI=1S/C20H14N10O10S3/c31-17(23-21-7-11-1-3-13(27(33)34)5-15(11)29(37)38)9-41-19-25-26-20(43-19)42-10-18(32)24-22-8-12-2-4-14(28(35)36)6-16(12)30(39)40/h1-8H,9-10H2,(H,23,31)(H,24,32)/b21-7+,22-8+. The Balaban J connectivity index is 1.44. The van der Waals surface area contributed by atoms with Crippen LogP contribution in [-0.4, -0.2) is 65.6 Å². The Hall–Kier alpha value is -5.42. The van der Waals surface area contributed by atoms with Crippen LogP contribution in [0, 0.1) is 40.5 Å². The van der Waals surface area contributed by atoms with Crippen LogP contribution in [-0.2, 0) is 9.59 Å². The number of thioether (sulfide) groups is 2. The van der Waals surface area contributed by atoms with E-state index in [4.69, 9.17) is 0 Å². The second-order valence-electron chi connectivity index (χ2n) is 7.51. The number of hydrazone groups is 2. The molecule has 0 unspecified atom stereocenters. The fraction of sp³-hybridized carbons (Fsp3) is 0.100. The van der Waals surface area contributed by atoms with Crippen LogP contribution in [0.15, 0.2) is 55.3 Å². The van der Waals surface area contributed by atoms with Crippen molar-refractivity contribution in [1.29, 1.82) is 0 Å². The molecule has 0 saturated heterocycles. The molecule has 222 valence electrons. The lowest BCUT2D eigenvalue weighted by Gasteiger charge is -1.99. The number of rotatable bonds is 14. The van der Waals surface area contributed by atoms with Gasteiger partial charge in [0.05, 0.1) is 66.9 Å². The van der Waals surface area contributed by atoms with Crippen LogP contribution < -0.4 is 10.9 Å². The molecule has 2 N–H and O–H groups in total. The monoisotopic (exact) mass is 650 g/mol. The highest BCUT2D eigenvalue weighted by Gasteiger charge is 2.19. The van der Waals surface area contributed by atoms with Gasteiger partial charge in [-0.3, -0.25) is 50.0 Å². The molecule has 0 aliphatic carbocycles. The van der Waals surface area contributed by atoms with Gasteiger partial charge >= 0.3 is 0 Å². The van der Waals surface area contributed by atoms with Gasteiger partial charge in [-0.25, -0.2) is 10.9 Å². The van der Waals surface area contributed by atoms with E-state index in [2.05, 4.69) is 31.3 Å². The number of benzene rings is 2. The van der Waals surface area contributed by atoms with Crippen LogP contribution in [0.5, 0.6) is 0 Å². The van der Waals surface area contributed by atoms with E-state index in [0.717, 1.165) is 83.7 Å². The van der Waals surface area contributed by atoms with Gasteiger partial charge in [0.1, 0.15) is 0 Å². The summed E-state index contributed by atoms with van der Waals surface area (Å²) in [6.45, 7) is 0. The number of carbonyl (C=O) groups excluding carboxylic acids is 2. The van der Waals surface area contributed by atoms with E-state index >= 15 is 0 Å². The number of hydrogen-bond donors (Lipinski definition) is 2. The van der Waals surface area contributed by atoms with Crippen LogP contribution in [0.25, 0.3) is 0 Å². The van der Waals surface area contributed by atoms with Gasteiger partial charge in [-0.05, 0) is 12.1 Å². The Labute approximate surface area is 250 Å². The highest BCUT2D eigenvalue weighted by molar-refractivity contribution is 8.03. The third-order valence-corrected chi connectivity index (χ3v) is 7.86. The van der Waals surface area contributed by atoms with Gasteiger partial charge in [-0.15, -0.1) is 10.2 Å². The van der Waals surface area contributed by atoms with E-state index in [0.29, 0.717) is 8.68 Å². The average Bonchev–Trinajstić information content (AvgIpc) is 3.42. The minimum absolute atomic E-state index is 0.0586. The van der Waals surface area contributed by atoms with Gasteiger partial charge in [0.15, 0.2) is 8.68 Å². The molecule has 3 rings (SSSR count). The number of nitrogens with zero attached hydrogens (tertiary/aromatic N) is 8. The third-order valence-electron chi connectivity index (χ3n) is 4.67. The number of nitro benzene ring substituents is 4. The van der Waals surface area contributed by atoms with Gasteiger partial charge in [0, 0.05) is 12.1 Å². The largest absolute Gasteiger partial charge is 0.285 e. The zero-order valence-electron chi connectivity index (χ0n) is 20.9. The minimum atomic E-state index is -0.816. The summed E-state index contributed by atoms with van der Waals surface area (Å²) < 4.78 is 0.771. The first-order chi connectivity index (χ1) is 20.4. The Morgan fingerprint density at radius 2 is 1.12 bits per heavy atom. The van der Waals surface area contributed by atoms with Crippen molar-refractivity contribution in [3.8, 4) is 0 Å². The summed E-state index contributed by atoms with van der Waals surface area (Å²) in [6.07, 6.45) is 1.96. The summed E-state index contributed by atoms with van der Waals surface area (Å²) in [4.78, 5) is 64.8. The summed E-state index contributed by atoms with van der Waals surface area (Å²) in [5.74, 6) is -1.46. The topological polar surface area (TPSA) is 281 Å². The van der Waals surface area contributed by atoms with Crippen molar-refractivity contribution in [2.75, 3.05) is 11.5 Å². The maximum absolute atomic E-state index is 12.0. The molecule has 2 aromatic carbocycles. The van der Waals surface area contributed by atoms with Crippen molar-refractivity contribution >= 4 is 81.9 Å². The SMILES string of the molecule is O=C(CSc1nnc(SCC(=O)N/N=C/c2ccc([N+](=O)[O-])cc2[N+](=O)[O-])s1)N/N=C/c1ccc([N+](=O)[O-])cc1[N+](=O)[O-]. The van der Waals surface area contributed by atoms with Crippen LogP contribution in [0.2, 0.25) is 0 Å². The normalized spacial score (nSPS) is 11.0. The van der Waals surface area contributed by atoms with E-state index in [-0.39, 0.29) is 22.6 Å². The number of carbonyl (C=O) groups is 2. The van der Waals surface area contributed by atoms with E-state index in [1.165, 1.54) is 0 Å². The van der Waals surface area contributed by atoms with Crippen molar-refractivity contribution in [1.82, 2.24) is 21.0 Å². The summed E-state index contributed by atoms with van der Waals surface area (Å²) in [5.41, 5.74) is 2.16. The minimum Gasteiger partial charge on any atom is -0.272 e. The van der Waals surface area contributed by atoms with Gasteiger partial charge in [-0.1, -0.05) is 34.9 Å². The summed E-state index contributed by atoms with van der Waals surface area (Å²) in [5, 5.41) is 58.9. The number of non-ortho nitro benzene ring substituents is 2. The lowest BCUT2D eigenvalue weighted by molar-refractivity contribution is -0.394. The van der Waals surface area contributed by atoms with Gasteiger partial charge in [0.2, 0.25) is 0 Å². The summed E-state index contributed by atoms with van der Waals surface area (Å²) >= 11 is 3.09. The molecule has 2 amide bonds. The third kappa shape index (κ3) is 9.58. The van der Waals surface area contributed by atoms with E-state index in [1.54, 1.807) is 0 Å². The molecular formula is C20H14N10O10S3. The molecule has 43 heavy (non-hydrogen) atoms. The second kappa shape index (κ2) is 15.0. The lowest BCUT2D eigenvalue weighted by atomic mass is 10.2. The molecule has 0 fully saturated rings. The second-order valence-corrected chi connectivity index (χ2v) is 10.9. The predicted octanol–water partition coefficient (Wildman–Crippen LogP) is 2.66. The zero-order chi connectivity index (χ0) is 31.5. The van der Waals surface area contributed by atoms with E-state index in [9.17, 15) is 50.0 Å². The maximum Gasteiger partial charge on any atom is 0.285 e. The van der Waals surface area contributed by atoms with E-state index < -0.39 is 54.3 Å². The predicted molar refractivity (Wildman–Crippen MR) is 152 cm³/mol. The molecule has 0 aliphatic heterocycles. The Morgan fingerprint density at radius 3 is 1.47 bits per heavy atom. The average molecular weight is 651 g/mol. The zero-order valence-corrected chi connectivity index (χ0v) is 23.4. The Bertz CT molecular complexity index is 1540. The van der Waals surface area contributed by atoms with Gasteiger partial charge in [-0.2, -0.15) is 10.2 Å². The molecule has 3 aromatic rings. The molecule has 0 spiro atoms. The number of hydrogen-bond acceptors (Lipinski definition) is 17. The number of nitro groups is 4. The fourth-order valence-corrected chi connectivity index (χ4v) is 5.41. The maximum atomic E-state index is 12.0. The molecule has 1 aromatic heterocycles. The van der Waals surface area contributed by atoms with Crippen molar-refractivity contribution in [2.24, 2.45) is 10.2 Å². The van der Waals surface area contributed by atoms with Crippen LogP contribution in [0.3, 0.4) is 0 Å². The summed E-state index contributed by atoms with van der Waals surface area (Å²) in [7, 11) is 0. The van der Waals surface area contributed by atoms with Crippen LogP contribution in [0.4, 0.5) is 22.7 Å². The highest BCUT2D eigenvalue weighted by atomic mass is 32.2. The smallest absolute Gasteiger partial charge is 0.272 e. The van der Waals surface area contributed by atoms with E-state index in [1.807, 2.05) is 0 Å². The first-order valence-electron chi connectivity index (χ1n) is 11.0. The Morgan fingerprint density at radius 1 is 0.721 bits per heavy atom. The first-order valence-corrected chi connectivity index (χ1v) is 13.8. The molecule has 0 saturated carbocycles. The number of amides is 2. The highest BCUT2D eigenvalue weighted by Crippen LogP contribution is 2.29. The quantitative estimate of drug-likeness (QED) is 0.110. The van der Waals surface area contributed by atoms with Crippen molar-refractivity contribution in [3.05, 3.63) is 88.0 Å². The van der Waals surface area contributed by atoms with Crippen LogP contribution >= 0.6 is 34.9 Å². The molecule has 0 radical (unpaired) electrons. The number of nitrogens with one attached hydrogen (secondary N) is 2. The lowest BCUT2D eigenvalue weighted by Crippen LogP contribution is -2.19. The molecule has 0 atom stereocenters. The molecule has 0 aliphatic rings. The molecular weight excluding hydrogens is 636 g/mol.